The lowest BCUT2D eigenvalue weighted by Crippen LogP contribution is -2.43. The van der Waals surface area contributed by atoms with E-state index in [1.54, 1.807) is 0 Å². The molecule has 0 saturated heterocycles. The normalized spacial score (nSPS) is 28.5. The minimum Gasteiger partial charge on any atom is -0.313 e. The second-order valence-corrected chi connectivity index (χ2v) is 9.29. The zero-order valence-corrected chi connectivity index (χ0v) is 14.2. The third-order valence-electron chi connectivity index (χ3n) is 3.92. The van der Waals surface area contributed by atoms with Crippen molar-refractivity contribution in [1.82, 2.24) is 5.32 Å². The fourth-order valence-corrected chi connectivity index (χ4v) is 5.45. The first kappa shape index (κ1) is 17.3. The van der Waals surface area contributed by atoms with Crippen LogP contribution in [0, 0.1) is 5.92 Å². The van der Waals surface area contributed by atoms with Gasteiger partial charge in [-0.05, 0) is 38.1 Å². The molecule has 3 atom stereocenters. The van der Waals surface area contributed by atoms with Crippen LogP contribution in [0.15, 0.2) is 0 Å². The van der Waals surface area contributed by atoms with E-state index < -0.39 is 9.84 Å². The molecule has 3 nitrogen and oxygen atoms in total. The molecule has 1 rings (SSSR count). The van der Waals surface area contributed by atoms with E-state index >= 15 is 0 Å². The topological polar surface area (TPSA) is 46.2 Å². The van der Waals surface area contributed by atoms with Crippen LogP contribution in [-0.2, 0) is 9.84 Å². The molecule has 0 heterocycles. The lowest BCUT2D eigenvalue weighted by molar-refractivity contribution is 0.295. The second kappa shape index (κ2) is 8.53. The average molecular weight is 308 g/mol. The summed E-state index contributed by atoms with van der Waals surface area (Å²) in [4.78, 5) is 0. The van der Waals surface area contributed by atoms with E-state index in [1.807, 2.05) is 11.8 Å². The molecule has 1 N–H and O–H groups in total. The predicted molar refractivity (Wildman–Crippen MR) is 85.7 cm³/mol. The van der Waals surface area contributed by atoms with Crippen molar-refractivity contribution in [2.24, 2.45) is 5.92 Å². The summed E-state index contributed by atoms with van der Waals surface area (Å²) in [6, 6.07) is 0.576. The van der Waals surface area contributed by atoms with Crippen LogP contribution in [0.3, 0.4) is 0 Å². The molecule has 0 aliphatic heterocycles. The Bertz CT molecular complexity index is 343. The van der Waals surface area contributed by atoms with E-state index in [0.29, 0.717) is 17.0 Å². The van der Waals surface area contributed by atoms with Crippen molar-refractivity contribution >= 4 is 21.6 Å². The smallest absolute Gasteiger partial charge is 0.148 e. The molecule has 0 spiro atoms. The van der Waals surface area contributed by atoms with Crippen LogP contribution in [0.25, 0.3) is 0 Å². The summed E-state index contributed by atoms with van der Waals surface area (Å²) in [5.41, 5.74) is 0. The first-order chi connectivity index (χ1) is 8.96. The summed E-state index contributed by atoms with van der Waals surface area (Å²) in [5, 5.41) is 4.23. The number of hydrogen-bond acceptors (Lipinski definition) is 4. The summed E-state index contributed by atoms with van der Waals surface area (Å²) >= 11 is 1.86. The zero-order valence-electron chi connectivity index (χ0n) is 12.5. The van der Waals surface area contributed by atoms with Crippen LogP contribution in [0.1, 0.15) is 46.0 Å². The van der Waals surface area contributed by atoms with Gasteiger partial charge in [-0.3, -0.25) is 0 Å². The van der Waals surface area contributed by atoms with E-state index in [1.165, 1.54) is 31.9 Å². The molecule has 0 aromatic rings. The number of rotatable bonds is 8. The second-order valence-electron chi connectivity index (χ2n) is 5.69. The average Bonchev–Trinajstić information content (AvgIpc) is 2.35. The highest BCUT2D eigenvalue weighted by atomic mass is 32.2. The Morgan fingerprint density at radius 3 is 2.58 bits per heavy atom. The zero-order chi connectivity index (χ0) is 14.3. The largest absolute Gasteiger partial charge is 0.313 e. The molecule has 3 unspecified atom stereocenters. The number of sulfone groups is 1. The van der Waals surface area contributed by atoms with Crippen molar-refractivity contribution in [2.45, 2.75) is 57.2 Å². The van der Waals surface area contributed by atoms with Gasteiger partial charge in [-0.2, -0.15) is 11.8 Å². The highest BCUT2D eigenvalue weighted by Crippen LogP contribution is 2.34. The lowest BCUT2D eigenvalue weighted by atomic mass is 9.84. The monoisotopic (exact) mass is 307 g/mol. The Kier molecular flexibility index (Phi) is 7.77. The molecular weight excluding hydrogens is 278 g/mol. The van der Waals surface area contributed by atoms with Gasteiger partial charge in [-0.25, -0.2) is 8.42 Å². The maximum absolute atomic E-state index is 11.2. The van der Waals surface area contributed by atoms with Gasteiger partial charge >= 0.3 is 0 Å². The number of hydrogen-bond donors (Lipinski definition) is 1. The Labute approximate surface area is 123 Å². The SMILES string of the molecule is CCCNC1CCC(CC)CC1SCCS(C)(=O)=O. The predicted octanol–water partition coefficient (Wildman–Crippen LogP) is 2.71. The number of nitrogens with one attached hydrogen (secondary N) is 1. The highest BCUT2D eigenvalue weighted by molar-refractivity contribution is 8.01. The van der Waals surface area contributed by atoms with Crippen molar-refractivity contribution in [2.75, 3.05) is 24.3 Å². The van der Waals surface area contributed by atoms with Crippen molar-refractivity contribution in [3.8, 4) is 0 Å². The Morgan fingerprint density at radius 2 is 2.00 bits per heavy atom. The highest BCUT2D eigenvalue weighted by Gasteiger charge is 2.29. The lowest BCUT2D eigenvalue weighted by Gasteiger charge is -2.36. The standard InChI is InChI=1S/C14H29NO2S2/c1-4-8-15-13-7-6-12(5-2)11-14(13)18-9-10-19(3,16)17/h12-15H,4-11H2,1-3H3. The Morgan fingerprint density at radius 1 is 1.26 bits per heavy atom. The van der Waals surface area contributed by atoms with Gasteiger partial charge in [0.15, 0.2) is 0 Å². The molecule has 0 aromatic carbocycles. The quantitative estimate of drug-likeness (QED) is 0.749. The third kappa shape index (κ3) is 7.00. The van der Waals surface area contributed by atoms with Crippen molar-refractivity contribution in [3.63, 3.8) is 0 Å². The first-order valence-corrected chi connectivity index (χ1v) is 10.6. The molecule has 114 valence electrons. The first-order valence-electron chi connectivity index (χ1n) is 7.49. The van der Waals surface area contributed by atoms with Crippen LogP contribution in [0.2, 0.25) is 0 Å². The maximum atomic E-state index is 11.2. The van der Waals surface area contributed by atoms with E-state index in [-0.39, 0.29) is 0 Å². The third-order valence-corrected chi connectivity index (χ3v) is 6.51. The van der Waals surface area contributed by atoms with Gasteiger partial charge in [0.05, 0.1) is 5.75 Å². The Balaban J connectivity index is 2.45. The molecule has 0 bridgehead atoms. The van der Waals surface area contributed by atoms with Crippen LogP contribution in [0.4, 0.5) is 0 Å². The Hall–Kier alpha value is 0.260. The van der Waals surface area contributed by atoms with Crippen molar-refractivity contribution < 1.29 is 8.42 Å². The van der Waals surface area contributed by atoms with Gasteiger partial charge in [0, 0.05) is 23.3 Å². The van der Waals surface area contributed by atoms with Gasteiger partial charge in [0.25, 0.3) is 0 Å². The van der Waals surface area contributed by atoms with E-state index in [0.717, 1.165) is 24.6 Å². The summed E-state index contributed by atoms with van der Waals surface area (Å²) < 4.78 is 22.4. The molecule has 1 fully saturated rings. The summed E-state index contributed by atoms with van der Waals surface area (Å²) in [6.45, 7) is 5.53. The van der Waals surface area contributed by atoms with Crippen molar-refractivity contribution in [3.05, 3.63) is 0 Å². The minimum atomic E-state index is -2.82. The van der Waals surface area contributed by atoms with Crippen LogP contribution in [-0.4, -0.2) is 44.0 Å². The maximum Gasteiger partial charge on any atom is 0.148 e. The van der Waals surface area contributed by atoms with Gasteiger partial charge in [0.2, 0.25) is 0 Å². The van der Waals surface area contributed by atoms with Crippen molar-refractivity contribution in [1.29, 1.82) is 0 Å². The fourth-order valence-electron chi connectivity index (χ4n) is 2.68. The molecule has 19 heavy (non-hydrogen) atoms. The summed E-state index contributed by atoms with van der Waals surface area (Å²) in [5.74, 6) is 1.88. The fraction of sp³-hybridized carbons (Fsp3) is 1.00. The molecule has 1 aliphatic carbocycles. The van der Waals surface area contributed by atoms with E-state index in [9.17, 15) is 8.42 Å². The summed E-state index contributed by atoms with van der Waals surface area (Å²) in [6.07, 6.45) is 7.55. The molecule has 0 radical (unpaired) electrons. The van der Waals surface area contributed by atoms with E-state index in [2.05, 4.69) is 19.2 Å². The van der Waals surface area contributed by atoms with Gasteiger partial charge < -0.3 is 5.32 Å². The molecular formula is C14H29NO2S2. The molecule has 1 aliphatic rings. The summed E-state index contributed by atoms with van der Waals surface area (Å²) in [7, 11) is -2.82. The van der Waals surface area contributed by atoms with Gasteiger partial charge in [0.1, 0.15) is 9.84 Å². The molecule has 1 saturated carbocycles. The molecule has 5 heteroatoms. The van der Waals surface area contributed by atoms with Gasteiger partial charge in [-0.1, -0.05) is 20.3 Å². The molecule has 0 aromatic heterocycles. The van der Waals surface area contributed by atoms with Gasteiger partial charge in [-0.15, -0.1) is 0 Å². The van der Waals surface area contributed by atoms with Crippen LogP contribution >= 0.6 is 11.8 Å². The van der Waals surface area contributed by atoms with Crippen LogP contribution < -0.4 is 5.32 Å². The molecule has 0 amide bonds. The number of thioether (sulfide) groups is 1. The van der Waals surface area contributed by atoms with Crippen LogP contribution in [0.5, 0.6) is 0 Å². The minimum absolute atomic E-state index is 0.311. The van der Waals surface area contributed by atoms with E-state index in [4.69, 9.17) is 0 Å².